The summed E-state index contributed by atoms with van der Waals surface area (Å²) in [7, 11) is 1.77. The van der Waals surface area contributed by atoms with Gasteiger partial charge < -0.3 is 15.0 Å². The predicted octanol–water partition coefficient (Wildman–Crippen LogP) is 1.80. The van der Waals surface area contributed by atoms with E-state index in [0.29, 0.717) is 31.5 Å². The largest absolute Gasteiger partial charge is 0.375 e. The Labute approximate surface area is 154 Å². The van der Waals surface area contributed by atoms with E-state index in [9.17, 15) is 4.79 Å². The van der Waals surface area contributed by atoms with Gasteiger partial charge in [0.2, 0.25) is 0 Å². The van der Waals surface area contributed by atoms with Crippen LogP contribution in [0.5, 0.6) is 0 Å². The van der Waals surface area contributed by atoms with Gasteiger partial charge in [-0.1, -0.05) is 35.5 Å². The topological polar surface area (TPSA) is 72.3 Å². The van der Waals surface area contributed by atoms with Crippen LogP contribution in [0.1, 0.15) is 40.6 Å². The van der Waals surface area contributed by atoms with E-state index < -0.39 is 0 Å². The number of nitrogens with zero attached hydrogens (tertiary/aromatic N) is 4. The second-order valence-corrected chi connectivity index (χ2v) is 6.71. The lowest BCUT2D eigenvalue weighted by Crippen LogP contribution is -2.32. The molecule has 1 aromatic carbocycles. The molecule has 0 saturated carbocycles. The van der Waals surface area contributed by atoms with Crippen molar-refractivity contribution in [2.24, 2.45) is 0 Å². The van der Waals surface area contributed by atoms with E-state index in [1.807, 2.05) is 41.9 Å². The van der Waals surface area contributed by atoms with Crippen molar-refractivity contribution in [3.05, 3.63) is 47.3 Å². The monoisotopic (exact) mass is 357 g/mol. The molecule has 1 aliphatic heterocycles. The Morgan fingerprint density at radius 3 is 2.77 bits per heavy atom. The zero-order chi connectivity index (χ0) is 18.4. The van der Waals surface area contributed by atoms with Gasteiger partial charge in [-0.3, -0.25) is 4.79 Å². The number of hydrogen-bond donors (Lipinski definition) is 1. The average Bonchev–Trinajstić information content (AvgIpc) is 3.07. The molecule has 3 rings (SSSR count). The highest BCUT2D eigenvalue weighted by Gasteiger charge is 2.24. The Morgan fingerprint density at radius 2 is 2.04 bits per heavy atom. The summed E-state index contributed by atoms with van der Waals surface area (Å²) in [6, 6.07) is 10.3. The predicted molar refractivity (Wildman–Crippen MR) is 99.0 cm³/mol. The van der Waals surface area contributed by atoms with Gasteiger partial charge in [-0.25, -0.2) is 4.68 Å². The van der Waals surface area contributed by atoms with Gasteiger partial charge in [-0.15, -0.1) is 5.10 Å². The van der Waals surface area contributed by atoms with Crippen LogP contribution < -0.4 is 5.32 Å². The number of carbonyl (C=O) groups excluding carboxylic acids is 1. The molecule has 0 bridgehead atoms. The van der Waals surface area contributed by atoms with E-state index in [4.69, 9.17) is 4.74 Å². The van der Waals surface area contributed by atoms with E-state index in [-0.39, 0.29) is 5.91 Å². The van der Waals surface area contributed by atoms with Crippen LogP contribution in [0.15, 0.2) is 30.3 Å². The van der Waals surface area contributed by atoms with Crippen molar-refractivity contribution < 1.29 is 9.53 Å². The first-order valence-electron chi connectivity index (χ1n) is 9.16. The van der Waals surface area contributed by atoms with Gasteiger partial charge in [0.1, 0.15) is 0 Å². The number of amides is 1. The van der Waals surface area contributed by atoms with Crippen molar-refractivity contribution in [2.45, 2.75) is 32.4 Å². The molecule has 1 N–H and O–H groups in total. The van der Waals surface area contributed by atoms with Crippen LogP contribution in [0.2, 0.25) is 0 Å². The number of piperidine rings is 1. The summed E-state index contributed by atoms with van der Waals surface area (Å²) in [4.78, 5) is 14.3. The molecule has 1 amide bonds. The minimum atomic E-state index is -0.106. The normalized spacial score (nSPS) is 15.2. The molecule has 2 aromatic rings. The van der Waals surface area contributed by atoms with Gasteiger partial charge in [-0.05, 0) is 38.4 Å². The molecule has 1 aliphatic rings. The highest BCUT2D eigenvalue weighted by molar-refractivity contribution is 5.93. The number of benzene rings is 1. The van der Waals surface area contributed by atoms with Crippen molar-refractivity contribution in [3.63, 3.8) is 0 Å². The fourth-order valence-electron chi connectivity index (χ4n) is 3.18. The molecular weight excluding hydrogens is 330 g/mol. The molecule has 0 aliphatic carbocycles. The van der Waals surface area contributed by atoms with Crippen molar-refractivity contribution in [1.29, 1.82) is 0 Å². The van der Waals surface area contributed by atoms with Gasteiger partial charge >= 0.3 is 0 Å². The Kier molecular flexibility index (Phi) is 6.35. The van der Waals surface area contributed by atoms with Gasteiger partial charge in [0, 0.05) is 13.6 Å². The summed E-state index contributed by atoms with van der Waals surface area (Å²) in [5.41, 5.74) is 2.41. The Bertz CT molecular complexity index is 710. The van der Waals surface area contributed by atoms with Crippen molar-refractivity contribution in [2.75, 3.05) is 33.3 Å². The van der Waals surface area contributed by atoms with Crippen LogP contribution >= 0.6 is 0 Å². The quantitative estimate of drug-likeness (QED) is 0.765. The molecule has 1 fully saturated rings. The Morgan fingerprint density at radius 1 is 1.31 bits per heavy atom. The maximum atomic E-state index is 12.7. The van der Waals surface area contributed by atoms with Crippen molar-refractivity contribution in [3.8, 4) is 0 Å². The molecule has 140 valence electrons. The molecule has 7 heteroatoms. The van der Waals surface area contributed by atoms with E-state index in [1.54, 1.807) is 11.9 Å². The maximum absolute atomic E-state index is 12.7. The highest BCUT2D eigenvalue weighted by Crippen LogP contribution is 2.20. The SMILES string of the molecule is Cc1c(C(=O)N(C)CCOCc2ccccc2)nnn1C1CCNCC1. The molecule has 0 spiro atoms. The minimum Gasteiger partial charge on any atom is -0.375 e. The Balaban J connectivity index is 1.51. The van der Waals surface area contributed by atoms with Crippen molar-refractivity contribution >= 4 is 5.91 Å². The maximum Gasteiger partial charge on any atom is 0.276 e. The van der Waals surface area contributed by atoms with Crippen LogP contribution in [-0.4, -0.2) is 59.1 Å². The van der Waals surface area contributed by atoms with Crippen LogP contribution in [0, 0.1) is 6.92 Å². The first kappa shape index (κ1) is 18.5. The van der Waals surface area contributed by atoms with Crippen LogP contribution in [0.25, 0.3) is 0 Å². The second-order valence-electron chi connectivity index (χ2n) is 6.71. The lowest BCUT2D eigenvalue weighted by Gasteiger charge is -2.23. The summed E-state index contributed by atoms with van der Waals surface area (Å²) in [5, 5.41) is 11.7. The third kappa shape index (κ3) is 4.47. The molecule has 0 unspecified atom stereocenters. The number of carbonyl (C=O) groups is 1. The van der Waals surface area contributed by atoms with Gasteiger partial charge in [0.05, 0.1) is 24.9 Å². The summed E-state index contributed by atoms with van der Waals surface area (Å²) in [6.07, 6.45) is 2.03. The van der Waals surface area contributed by atoms with E-state index in [1.165, 1.54) is 0 Å². The smallest absolute Gasteiger partial charge is 0.276 e. The molecular formula is C19H27N5O2. The summed E-state index contributed by atoms with van der Waals surface area (Å²) >= 11 is 0. The van der Waals surface area contributed by atoms with Gasteiger partial charge in [0.15, 0.2) is 5.69 Å². The number of ether oxygens (including phenoxy) is 1. The lowest BCUT2D eigenvalue weighted by atomic mass is 10.1. The fourth-order valence-corrected chi connectivity index (χ4v) is 3.18. The first-order valence-corrected chi connectivity index (χ1v) is 9.16. The molecule has 2 heterocycles. The van der Waals surface area contributed by atoms with E-state index in [0.717, 1.165) is 37.2 Å². The minimum absolute atomic E-state index is 0.106. The molecule has 1 saturated heterocycles. The molecule has 1 aromatic heterocycles. The number of aromatic nitrogens is 3. The molecule has 0 atom stereocenters. The van der Waals surface area contributed by atoms with Gasteiger partial charge in [-0.2, -0.15) is 0 Å². The van der Waals surface area contributed by atoms with Gasteiger partial charge in [0.25, 0.3) is 5.91 Å². The summed E-state index contributed by atoms with van der Waals surface area (Å²) < 4.78 is 7.58. The van der Waals surface area contributed by atoms with Crippen LogP contribution in [0.3, 0.4) is 0 Å². The van der Waals surface area contributed by atoms with E-state index in [2.05, 4.69) is 15.6 Å². The molecule has 7 nitrogen and oxygen atoms in total. The molecule has 26 heavy (non-hydrogen) atoms. The number of rotatable bonds is 7. The summed E-state index contributed by atoms with van der Waals surface area (Å²) in [6.45, 7) is 5.44. The fraction of sp³-hybridized carbons (Fsp3) is 0.526. The Hall–Kier alpha value is -2.25. The number of likely N-dealkylation sites (N-methyl/N-ethyl adjacent to an activating group) is 1. The van der Waals surface area contributed by atoms with Crippen LogP contribution in [-0.2, 0) is 11.3 Å². The van der Waals surface area contributed by atoms with Crippen molar-refractivity contribution in [1.82, 2.24) is 25.2 Å². The average molecular weight is 357 g/mol. The zero-order valence-electron chi connectivity index (χ0n) is 15.5. The third-order valence-electron chi connectivity index (χ3n) is 4.81. The first-order chi connectivity index (χ1) is 12.7. The summed E-state index contributed by atoms with van der Waals surface area (Å²) in [5.74, 6) is -0.106. The standard InChI is InChI=1S/C19H27N5O2/c1-15-18(21-22-24(15)17-8-10-20-11-9-17)19(25)23(2)12-13-26-14-16-6-4-3-5-7-16/h3-7,17,20H,8-14H2,1-2H3. The lowest BCUT2D eigenvalue weighted by molar-refractivity contribution is 0.0665. The highest BCUT2D eigenvalue weighted by atomic mass is 16.5. The number of hydrogen-bond acceptors (Lipinski definition) is 5. The second kappa shape index (κ2) is 8.91. The number of nitrogens with one attached hydrogen (secondary N) is 1. The van der Waals surface area contributed by atoms with Crippen LogP contribution in [0.4, 0.5) is 0 Å². The third-order valence-corrected chi connectivity index (χ3v) is 4.81. The van der Waals surface area contributed by atoms with E-state index >= 15 is 0 Å². The zero-order valence-corrected chi connectivity index (χ0v) is 15.5. The molecule has 0 radical (unpaired) electrons.